The number of carbonyl (C=O) groups excluding carboxylic acids is 2. The largest absolute Gasteiger partial charge is 0.508 e. The molecule has 2 heterocycles. The third-order valence-electron chi connectivity index (χ3n) is 6.00. The molecule has 1 fully saturated rings. The van der Waals surface area contributed by atoms with E-state index in [-0.39, 0.29) is 29.0 Å². The molecule has 1 aliphatic carbocycles. The summed E-state index contributed by atoms with van der Waals surface area (Å²) in [5, 5.41) is 13.3. The van der Waals surface area contributed by atoms with Gasteiger partial charge in [-0.05, 0) is 58.0 Å². The van der Waals surface area contributed by atoms with Crippen molar-refractivity contribution >= 4 is 40.5 Å². The van der Waals surface area contributed by atoms with E-state index in [1.165, 1.54) is 12.1 Å². The molecule has 0 unspecified atom stereocenters. The zero-order chi connectivity index (χ0) is 22.8. The second-order valence-electron chi connectivity index (χ2n) is 8.44. The van der Waals surface area contributed by atoms with Crippen LogP contribution in [-0.4, -0.2) is 54.0 Å². The second kappa shape index (κ2) is 8.92. The highest BCUT2D eigenvalue weighted by Gasteiger charge is 2.31. The zero-order valence-electron chi connectivity index (χ0n) is 18.2. The van der Waals surface area contributed by atoms with Gasteiger partial charge in [-0.3, -0.25) is 4.79 Å². The third-order valence-corrected chi connectivity index (χ3v) is 6.00. The Balaban J connectivity index is 1.61. The summed E-state index contributed by atoms with van der Waals surface area (Å²) in [5.41, 5.74) is 1.34. The minimum absolute atomic E-state index is 0.00133. The number of rotatable bonds is 4. The van der Waals surface area contributed by atoms with Gasteiger partial charge in [-0.25, -0.2) is 9.79 Å². The smallest absolute Gasteiger partial charge is 0.420 e. The number of allylic oxidation sites excluding steroid dienone is 2. The Bertz CT molecular complexity index is 1150. The van der Waals surface area contributed by atoms with E-state index in [1.54, 1.807) is 24.4 Å². The third kappa shape index (κ3) is 4.55. The maximum atomic E-state index is 13.1. The number of aromatic hydroxyl groups is 1. The first kappa shape index (κ1) is 21.7. The number of hydrogen-bond acceptors (Lipinski definition) is 5. The molecule has 1 aliphatic heterocycles. The van der Waals surface area contributed by atoms with Crippen LogP contribution in [0.4, 0.5) is 5.69 Å². The number of phenolic OH excluding ortho intramolecular Hbond substituents is 1. The molecule has 0 bridgehead atoms. The molecular formula is C24H27N4O4+. The van der Waals surface area contributed by atoms with Crippen molar-refractivity contribution in [2.75, 3.05) is 19.4 Å². The maximum Gasteiger partial charge on any atom is 0.420 e. The fourth-order valence-electron chi connectivity index (χ4n) is 4.12. The number of hydrogen-bond donors (Lipinski definition) is 3. The highest BCUT2D eigenvalue weighted by molar-refractivity contribution is 6.14. The average Bonchev–Trinajstić information content (AvgIpc) is 3.12. The van der Waals surface area contributed by atoms with E-state index in [0.717, 1.165) is 31.3 Å². The minimum Gasteiger partial charge on any atom is -0.508 e. The van der Waals surface area contributed by atoms with Gasteiger partial charge in [0, 0.05) is 40.1 Å². The summed E-state index contributed by atoms with van der Waals surface area (Å²) in [6.45, 7) is 3.79. The molecule has 0 radical (unpaired) electrons. The lowest BCUT2D eigenvalue weighted by atomic mass is 9.85. The van der Waals surface area contributed by atoms with Crippen molar-refractivity contribution in [2.45, 2.75) is 31.7 Å². The first-order valence-corrected chi connectivity index (χ1v) is 10.6. The molecule has 2 amide bonds. The molecule has 2 aliphatic rings. The predicted octanol–water partition coefficient (Wildman–Crippen LogP) is 2.01. The molecule has 3 N–H and O–H groups in total. The summed E-state index contributed by atoms with van der Waals surface area (Å²) in [6.07, 6.45) is 8.46. The summed E-state index contributed by atoms with van der Waals surface area (Å²) < 4.78 is 5.72. The van der Waals surface area contributed by atoms with E-state index in [4.69, 9.17) is 4.42 Å². The summed E-state index contributed by atoms with van der Waals surface area (Å²) in [7, 11) is 4.11. The number of fused-ring (bicyclic) bond motifs is 1. The average molecular weight is 436 g/mol. The first-order valence-electron chi connectivity index (χ1n) is 10.6. The van der Waals surface area contributed by atoms with E-state index in [9.17, 15) is 14.7 Å². The number of amides is 2. The van der Waals surface area contributed by atoms with Crippen LogP contribution in [0.2, 0.25) is 0 Å². The Hall–Kier alpha value is -3.52. The van der Waals surface area contributed by atoms with Gasteiger partial charge in [-0.1, -0.05) is 6.58 Å². The van der Waals surface area contributed by atoms with Gasteiger partial charge in [0.2, 0.25) is 11.7 Å². The van der Waals surface area contributed by atoms with Crippen molar-refractivity contribution in [2.24, 2.45) is 10.9 Å². The van der Waals surface area contributed by atoms with Crippen LogP contribution in [-0.2, 0) is 4.79 Å². The molecule has 2 aromatic rings. The molecule has 4 rings (SSSR count). The molecule has 1 saturated carbocycles. The predicted molar refractivity (Wildman–Crippen MR) is 123 cm³/mol. The van der Waals surface area contributed by atoms with Crippen LogP contribution in [0.5, 0.6) is 5.75 Å². The van der Waals surface area contributed by atoms with E-state index >= 15 is 0 Å². The van der Waals surface area contributed by atoms with Gasteiger partial charge < -0.3 is 19.7 Å². The Kier molecular flexibility index (Phi) is 6.05. The molecule has 1 aromatic carbocycles. The molecule has 166 valence electrons. The number of furan rings is 1. The van der Waals surface area contributed by atoms with Crippen LogP contribution in [0.15, 0.2) is 51.9 Å². The maximum absolute atomic E-state index is 13.1. The van der Waals surface area contributed by atoms with Crippen LogP contribution < -0.4 is 10.3 Å². The van der Waals surface area contributed by atoms with Crippen LogP contribution in [0.1, 0.15) is 36.2 Å². The van der Waals surface area contributed by atoms with Crippen LogP contribution in [0.3, 0.4) is 0 Å². The Morgan fingerprint density at radius 1 is 1.22 bits per heavy atom. The number of carbonyl (C=O) groups is 2. The van der Waals surface area contributed by atoms with Gasteiger partial charge in [0.15, 0.2) is 0 Å². The lowest BCUT2D eigenvalue weighted by molar-refractivity contribution is -0.307. The monoisotopic (exact) mass is 435 g/mol. The molecule has 8 heteroatoms. The minimum atomic E-state index is -0.639. The highest BCUT2D eigenvalue weighted by atomic mass is 16.3. The quantitative estimate of drug-likeness (QED) is 0.681. The number of anilines is 1. The Morgan fingerprint density at radius 2 is 1.97 bits per heavy atom. The van der Waals surface area contributed by atoms with Crippen LogP contribution >= 0.6 is 0 Å². The molecule has 8 nitrogen and oxygen atoms in total. The zero-order valence-corrected chi connectivity index (χ0v) is 18.2. The topological polar surface area (TPSA) is 109 Å². The molecule has 1 aromatic heterocycles. The Labute approximate surface area is 186 Å². The van der Waals surface area contributed by atoms with Crippen molar-refractivity contribution in [3.8, 4) is 5.75 Å². The van der Waals surface area contributed by atoms with E-state index in [1.807, 2.05) is 0 Å². The summed E-state index contributed by atoms with van der Waals surface area (Å²) in [4.78, 5) is 35.1. The molecule has 0 atom stereocenters. The highest BCUT2D eigenvalue weighted by Crippen LogP contribution is 2.35. The van der Waals surface area contributed by atoms with Gasteiger partial charge in [-0.2, -0.15) is 0 Å². The fraction of sp³-hybridized carbons (Fsp3) is 0.333. The lowest BCUT2D eigenvalue weighted by Crippen LogP contribution is -2.74. The molecule has 32 heavy (non-hydrogen) atoms. The Morgan fingerprint density at radius 3 is 2.62 bits per heavy atom. The SMILES string of the molecule is C=C1C=CC(=NC(=O)c2oc3cc(O)ccc3c2NC(=O)C2CCC(N(C)C)CC2)[NH+]=C1. The standard InChI is InChI=1S/C24H26N4O4/c1-14-4-11-20(25-13-14)26-24(31)22-21(18-10-9-17(29)12-19(18)32-22)27-23(30)15-5-7-16(8-6-15)28(2)3/h4,9-13,15-16,29H,1,5-8H2,2-3H3,(H,27,30)/p+1. The van der Waals surface area contributed by atoms with E-state index in [2.05, 4.69) is 40.9 Å². The second-order valence-corrected chi connectivity index (χ2v) is 8.44. The van der Waals surface area contributed by atoms with E-state index in [0.29, 0.717) is 22.8 Å². The van der Waals surface area contributed by atoms with Crippen molar-refractivity contribution in [1.82, 2.24) is 4.90 Å². The van der Waals surface area contributed by atoms with Gasteiger partial charge in [0.1, 0.15) is 17.0 Å². The van der Waals surface area contributed by atoms with Crippen molar-refractivity contribution in [3.05, 3.63) is 48.3 Å². The van der Waals surface area contributed by atoms with Crippen molar-refractivity contribution < 1.29 is 24.1 Å². The first-order chi connectivity index (χ1) is 15.3. The van der Waals surface area contributed by atoms with Crippen molar-refractivity contribution in [3.63, 3.8) is 0 Å². The summed E-state index contributed by atoms with van der Waals surface area (Å²) >= 11 is 0. The number of benzene rings is 1. The lowest BCUT2D eigenvalue weighted by Gasteiger charge is -2.31. The number of nitrogens with zero attached hydrogens (tertiary/aromatic N) is 2. The van der Waals surface area contributed by atoms with E-state index < -0.39 is 5.91 Å². The number of amidine groups is 1. The summed E-state index contributed by atoms with van der Waals surface area (Å²) in [6, 6.07) is 5.00. The van der Waals surface area contributed by atoms with Crippen LogP contribution in [0, 0.1) is 5.92 Å². The number of phenols is 1. The molecule has 0 saturated heterocycles. The summed E-state index contributed by atoms with van der Waals surface area (Å²) in [5.74, 6) is -0.647. The van der Waals surface area contributed by atoms with Gasteiger partial charge in [0.25, 0.3) is 0 Å². The fourth-order valence-corrected chi connectivity index (χ4v) is 4.12. The number of nitrogens with one attached hydrogen (secondary N) is 2. The van der Waals surface area contributed by atoms with Gasteiger partial charge in [-0.15, -0.1) is 0 Å². The van der Waals surface area contributed by atoms with Crippen LogP contribution in [0.25, 0.3) is 11.0 Å². The molecule has 0 spiro atoms. The van der Waals surface area contributed by atoms with Crippen molar-refractivity contribution in [1.29, 1.82) is 0 Å². The van der Waals surface area contributed by atoms with Gasteiger partial charge in [0.05, 0.1) is 6.21 Å². The van der Waals surface area contributed by atoms with Gasteiger partial charge >= 0.3 is 11.7 Å². The number of aliphatic imine (C=N–C) groups is 1. The molecular weight excluding hydrogens is 408 g/mol. The normalized spacial score (nSPS) is 22.1.